The van der Waals surface area contributed by atoms with Crippen molar-refractivity contribution in [1.29, 1.82) is 0 Å². The van der Waals surface area contributed by atoms with Crippen molar-refractivity contribution in [2.45, 2.75) is 19.4 Å². The number of carbonyl (C=O) groups excluding carboxylic acids is 1. The molecular weight excluding hydrogens is 280 g/mol. The normalized spacial score (nSPS) is 18.3. The number of carbonyl (C=O) groups is 1. The van der Waals surface area contributed by atoms with Crippen LogP contribution in [-0.2, 0) is 14.8 Å². The van der Waals surface area contributed by atoms with E-state index in [0.717, 1.165) is 5.56 Å². The largest absolute Gasteiger partial charge is 0.450 e. The Balaban J connectivity index is 2.30. The van der Waals surface area contributed by atoms with Gasteiger partial charge in [0.05, 0.1) is 24.6 Å². The predicted molar refractivity (Wildman–Crippen MR) is 76.1 cm³/mol. The molecule has 0 aliphatic carbocycles. The fourth-order valence-electron chi connectivity index (χ4n) is 2.34. The molecule has 1 aliphatic heterocycles. The van der Waals surface area contributed by atoms with Gasteiger partial charge in [-0.2, -0.15) is 0 Å². The molecule has 1 amide bonds. The molecule has 1 atom stereocenters. The molecule has 110 valence electrons. The van der Waals surface area contributed by atoms with Gasteiger partial charge in [-0.3, -0.25) is 4.31 Å². The quantitative estimate of drug-likeness (QED) is 0.920. The van der Waals surface area contributed by atoms with Gasteiger partial charge in [0, 0.05) is 6.54 Å². The van der Waals surface area contributed by atoms with Gasteiger partial charge in [0.2, 0.25) is 10.0 Å². The third-order valence-corrected chi connectivity index (χ3v) is 4.35. The Hall–Kier alpha value is -1.76. The number of hydrogen-bond donors (Lipinski definition) is 1. The number of para-hydroxylation sites is 1. The molecule has 20 heavy (non-hydrogen) atoms. The zero-order valence-electron chi connectivity index (χ0n) is 11.5. The minimum atomic E-state index is -3.31. The Kier molecular flexibility index (Phi) is 4.17. The molecule has 1 N–H and O–H groups in total. The zero-order valence-corrected chi connectivity index (χ0v) is 12.3. The van der Waals surface area contributed by atoms with Crippen LogP contribution in [0.15, 0.2) is 24.3 Å². The first-order valence-corrected chi connectivity index (χ1v) is 8.28. The number of alkyl carbamates (subject to hydrolysis) is 1. The molecule has 1 aromatic carbocycles. The lowest BCUT2D eigenvalue weighted by Gasteiger charge is -2.34. The van der Waals surface area contributed by atoms with Crippen LogP contribution in [0.5, 0.6) is 0 Å². The minimum absolute atomic E-state index is 0.233. The van der Waals surface area contributed by atoms with Crippen LogP contribution in [0.2, 0.25) is 0 Å². The number of sulfonamides is 1. The molecule has 7 heteroatoms. The summed E-state index contributed by atoms with van der Waals surface area (Å²) in [6.45, 7) is 2.38. The Morgan fingerprint density at radius 1 is 1.45 bits per heavy atom. The highest BCUT2D eigenvalue weighted by atomic mass is 32.2. The van der Waals surface area contributed by atoms with Gasteiger partial charge in [-0.15, -0.1) is 0 Å². The molecule has 1 heterocycles. The molecule has 1 unspecified atom stereocenters. The molecule has 0 fully saturated rings. The van der Waals surface area contributed by atoms with Crippen molar-refractivity contribution in [1.82, 2.24) is 5.32 Å². The summed E-state index contributed by atoms with van der Waals surface area (Å²) in [5.74, 6) is 0. The maximum atomic E-state index is 11.8. The summed E-state index contributed by atoms with van der Waals surface area (Å²) in [7, 11) is -3.31. The predicted octanol–water partition coefficient (Wildman–Crippen LogP) is 1.64. The van der Waals surface area contributed by atoms with Crippen molar-refractivity contribution in [3.8, 4) is 0 Å². The summed E-state index contributed by atoms with van der Waals surface area (Å²) in [4.78, 5) is 11.5. The van der Waals surface area contributed by atoms with Gasteiger partial charge in [-0.05, 0) is 25.0 Å². The first kappa shape index (κ1) is 14.6. The van der Waals surface area contributed by atoms with Crippen molar-refractivity contribution in [3.63, 3.8) is 0 Å². The van der Waals surface area contributed by atoms with Gasteiger partial charge in [0.1, 0.15) is 0 Å². The SMILES string of the molecule is CCOC(=O)NC1CCN(S(C)(=O)=O)c2ccccc21. The number of nitrogens with zero attached hydrogens (tertiary/aromatic N) is 1. The van der Waals surface area contributed by atoms with Crippen molar-refractivity contribution in [2.24, 2.45) is 0 Å². The Morgan fingerprint density at radius 3 is 2.80 bits per heavy atom. The average Bonchev–Trinajstić information content (AvgIpc) is 2.38. The van der Waals surface area contributed by atoms with E-state index in [1.54, 1.807) is 19.1 Å². The maximum Gasteiger partial charge on any atom is 0.407 e. The molecule has 0 radical (unpaired) electrons. The molecule has 0 saturated carbocycles. The second-order valence-corrected chi connectivity index (χ2v) is 6.51. The highest BCUT2D eigenvalue weighted by molar-refractivity contribution is 7.92. The third kappa shape index (κ3) is 3.04. The van der Waals surface area contributed by atoms with E-state index in [2.05, 4.69) is 5.32 Å². The van der Waals surface area contributed by atoms with Crippen LogP contribution >= 0.6 is 0 Å². The summed E-state index contributed by atoms with van der Waals surface area (Å²) < 4.78 is 29.8. The lowest BCUT2D eigenvalue weighted by molar-refractivity contribution is 0.147. The van der Waals surface area contributed by atoms with Gasteiger partial charge in [0.15, 0.2) is 0 Å². The van der Waals surface area contributed by atoms with Crippen LogP contribution in [0.1, 0.15) is 24.9 Å². The Labute approximate surface area is 118 Å². The lowest BCUT2D eigenvalue weighted by Crippen LogP contribution is -2.40. The van der Waals surface area contributed by atoms with Gasteiger partial charge in [0.25, 0.3) is 0 Å². The molecule has 0 aromatic heterocycles. The van der Waals surface area contributed by atoms with Crippen LogP contribution in [0, 0.1) is 0 Å². The van der Waals surface area contributed by atoms with E-state index in [1.165, 1.54) is 10.6 Å². The fraction of sp³-hybridized carbons (Fsp3) is 0.462. The molecule has 6 nitrogen and oxygen atoms in total. The van der Waals surface area contributed by atoms with Crippen LogP contribution in [0.3, 0.4) is 0 Å². The van der Waals surface area contributed by atoms with E-state index in [1.807, 2.05) is 12.1 Å². The number of hydrogen-bond acceptors (Lipinski definition) is 4. The smallest absolute Gasteiger partial charge is 0.407 e. The summed E-state index contributed by atoms with van der Waals surface area (Å²) >= 11 is 0. The van der Waals surface area contributed by atoms with Gasteiger partial charge < -0.3 is 10.1 Å². The van der Waals surface area contributed by atoms with Crippen molar-refractivity contribution in [3.05, 3.63) is 29.8 Å². The molecule has 1 aliphatic rings. The number of amides is 1. The molecule has 2 rings (SSSR count). The number of rotatable bonds is 3. The Bertz CT molecular complexity index is 600. The number of fused-ring (bicyclic) bond motifs is 1. The summed E-state index contributed by atoms with van der Waals surface area (Å²) in [6.07, 6.45) is 1.21. The number of nitrogens with one attached hydrogen (secondary N) is 1. The van der Waals surface area contributed by atoms with Gasteiger partial charge in [-0.25, -0.2) is 13.2 Å². The van der Waals surface area contributed by atoms with Crippen LogP contribution in [0.4, 0.5) is 10.5 Å². The fourth-order valence-corrected chi connectivity index (χ4v) is 3.30. The second kappa shape index (κ2) is 5.70. The number of ether oxygens (including phenoxy) is 1. The Morgan fingerprint density at radius 2 is 2.15 bits per heavy atom. The number of benzene rings is 1. The van der Waals surface area contributed by atoms with Crippen LogP contribution in [0.25, 0.3) is 0 Å². The number of anilines is 1. The first-order chi connectivity index (χ1) is 9.43. The standard InChI is InChI=1S/C13H18N2O4S/c1-3-19-13(16)14-11-8-9-15(20(2,17)18)12-7-5-4-6-10(11)12/h4-7,11H,3,8-9H2,1-2H3,(H,14,16). The average molecular weight is 298 g/mol. The van der Waals surface area contributed by atoms with Gasteiger partial charge in [-0.1, -0.05) is 18.2 Å². The van der Waals surface area contributed by atoms with Crippen LogP contribution in [-0.4, -0.2) is 33.9 Å². The summed E-state index contributed by atoms with van der Waals surface area (Å²) in [5, 5.41) is 2.77. The molecule has 0 spiro atoms. The maximum absolute atomic E-state index is 11.8. The first-order valence-electron chi connectivity index (χ1n) is 6.43. The van der Waals surface area contributed by atoms with E-state index in [-0.39, 0.29) is 6.04 Å². The van der Waals surface area contributed by atoms with Crippen LogP contribution < -0.4 is 9.62 Å². The summed E-state index contributed by atoms with van der Waals surface area (Å²) in [5.41, 5.74) is 1.40. The summed E-state index contributed by atoms with van der Waals surface area (Å²) in [6, 6.07) is 6.94. The van der Waals surface area contributed by atoms with E-state index >= 15 is 0 Å². The van der Waals surface area contributed by atoms with E-state index in [9.17, 15) is 13.2 Å². The van der Waals surface area contributed by atoms with Crippen molar-refractivity contribution >= 4 is 21.8 Å². The highest BCUT2D eigenvalue weighted by Crippen LogP contribution is 2.34. The lowest BCUT2D eigenvalue weighted by atomic mass is 9.98. The van der Waals surface area contributed by atoms with E-state index < -0.39 is 16.1 Å². The van der Waals surface area contributed by atoms with E-state index in [4.69, 9.17) is 4.74 Å². The second-order valence-electron chi connectivity index (χ2n) is 4.60. The topological polar surface area (TPSA) is 75.7 Å². The molecule has 0 saturated heterocycles. The minimum Gasteiger partial charge on any atom is -0.450 e. The highest BCUT2D eigenvalue weighted by Gasteiger charge is 2.30. The molecule has 1 aromatic rings. The third-order valence-electron chi connectivity index (χ3n) is 3.17. The molecular formula is C13H18N2O4S. The van der Waals surface area contributed by atoms with Crippen molar-refractivity contribution < 1.29 is 17.9 Å². The van der Waals surface area contributed by atoms with Crippen molar-refractivity contribution in [2.75, 3.05) is 23.7 Å². The monoisotopic (exact) mass is 298 g/mol. The van der Waals surface area contributed by atoms with Gasteiger partial charge >= 0.3 is 6.09 Å². The van der Waals surface area contributed by atoms with E-state index in [0.29, 0.717) is 25.3 Å². The zero-order chi connectivity index (χ0) is 14.8. The molecule has 0 bridgehead atoms.